The fourth-order valence-corrected chi connectivity index (χ4v) is 1.71. The summed E-state index contributed by atoms with van der Waals surface area (Å²) in [6.07, 6.45) is 0. The highest BCUT2D eigenvalue weighted by Crippen LogP contribution is 1.94. The highest BCUT2D eigenvalue weighted by Gasteiger charge is 2.25. The number of carbonyl (C=O) groups is 4. The largest absolute Gasteiger partial charge is 0.480 e. The highest BCUT2D eigenvalue weighted by atomic mass is 32.1. The van der Waals surface area contributed by atoms with Gasteiger partial charge < -0.3 is 26.8 Å². The van der Waals surface area contributed by atoms with Crippen LogP contribution >= 0.6 is 25.3 Å². The maximum atomic E-state index is 11.9. The topological polar surface area (TPSA) is 151 Å². The fourth-order valence-electron chi connectivity index (χ4n) is 1.20. The van der Waals surface area contributed by atoms with E-state index in [1.54, 1.807) is 0 Å². The number of nitrogens with two attached hydrogens (primary N) is 1. The predicted molar refractivity (Wildman–Crippen MR) is 81.3 cm³/mol. The van der Waals surface area contributed by atoms with Crippen LogP contribution in [0.2, 0.25) is 0 Å². The first-order chi connectivity index (χ1) is 9.85. The van der Waals surface area contributed by atoms with E-state index < -0.39 is 42.3 Å². The third kappa shape index (κ3) is 7.78. The molecule has 21 heavy (non-hydrogen) atoms. The van der Waals surface area contributed by atoms with Crippen molar-refractivity contribution in [3.63, 3.8) is 0 Å². The van der Waals surface area contributed by atoms with Gasteiger partial charge in [-0.1, -0.05) is 0 Å². The van der Waals surface area contributed by atoms with Crippen LogP contribution < -0.4 is 21.7 Å². The molecule has 0 aliphatic heterocycles. The smallest absolute Gasteiger partial charge is 0.322 e. The number of rotatable bonds is 9. The summed E-state index contributed by atoms with van der Waals surface area (Å²) in [5.74, 6) is -3.12. The van der Waals surface area contributed by atoms with Gasteiger partial charge in [0.15, 0.2) is 0 Å². The van der Waals surface area contributed by atoms with Crippen LogP contribution in [0.3, 0.4) is 0 Å². The van der Waals surface area contributed by atoms with Crippen molar-refractivity contribution < 1.29 is 24.3 Å². The number of hydrogen-bond acceptors (Lipinski definition) is 7. The normalized spacial score (nSPS) is 12.9. The second-order valence-corrected chi connectivity index (χ2v) is 4.59. The van der Waals surface area contributed by atoms with Crippen LogP contribution in [0.15, 0.2) is 0 Å². The number of thiol groups is 2. The van der Waals surface area contributed by atoms with Crippen LogP contribution in [-0.2, 0) is 19.2 Å². The number of carboxylic acids is 1. The zero-order chi connectivity index (χ0) is 16.4. The summed E-state index contributed by atoms with van der Waals surface area (Å²) in [6, 6.07) is -1.99. The molecule has 0 radical (unpaired) electrons. The van der Waals surface area contributed by atoms with Gasteiger partial charge in [0.05, 0.1) is 6.54 Å². The number of nitrogens with one attached hydrogen (secondary N) is 3. The minimum atomic E-state index is -1.21. The average molecular weight is 338 g/mol. The fraction of sp³-hybridized carbons (Fsp3) is 0.600. The molecule has 0 saturated heterocycles. The third-order valence-electron chi connectivity index (χ3n) is 2.25. The minimum absolute atomic E-state index is 0.00755. The molecule has 0 aromatic carbocycles. The quantitative estimate of drug-likeness (QED) is 0.222. The van der Waals surface area contributed by atoms with Crippen LogP contribution in [0.5, 0.6) is 0 Å². The first kappa shape index (κ1) is 19.5. The van der Waals surface area contributed by atoms with Crippen molar-refractivity contribution in [3.8, 4) is 0 Å². The van der Waals surface area contributed by atoms with Crippen LogP contribution in [-0.4, -0.2) is 65.5 Å². The van der Waals surface area contributed by atoms with Gasteiger partial charge in [-0.15, -0.1) is 0 Å². The maximum Gasteiger partial charge on any atom is 0.322 e. The van der Waals surface area contributed by atoms with Crippen molar-refractivity contribution in [2.75, 3.05) is 24.6 Å². The van der Waals surface area contributed by atoms with Gasteiger partial charge in [-0.05, 0) is 0 Å². The standard InChI is InChI=1S/C10H18N4O5S2/c11-1-7(15)13-6(4-21)10(19)14-5(3-20)9(18)12-2-8(16)17/h5-6,20-21H,1-4,11H2,(H,12,18)(H,13,15)(H,14,19)(H,16,17)/t5-,6-/m0/s1. The molecule has 120 valence electrons. The van der Waals surface area contributed by atoms with E-state index in [-0.39, 0.29) is 18.1 Å². The lowest BCUT2D eigenvalue weighted by molar-refractivity contribution is -0.138. The highest BCUT2D eigenvalue weighted by molar-refractivity contribution is 7.80. The Morgan fingerprint density at radius 2 is 1.52 bits per heavy atom. The van der Waals surface area contributed by atoms with E-state index in [9.17, 15) is 19.2 Å². The zero-order valence-electron chi connectivity index (χ0n) is 11.0. The number of hydrogen-bond donors (Lipinski definition) is 7. The Morgan fingerprint density at radius 3 is 1.95 bits per heavy atom. The van der Waals surface area contributed by atoms with Crippen LogP contribution in [0.4, 0.5) is 0 Å². The lowest BCUT2D eigenvalue weighted by atomic mass is 10.2. The summed E-state index contributed by atoms with van der Waals surface area (Å²) < 4.78 is 0. The summed E-state index contributed by atoms with van der Waals surface area (Å²) in [4.78, 5) is 45.0. The molecule has 2 atom stereocenters. The van der Waals surface area contributed by atoms with Crippen LogP contribution in [0.1, 0.15) is 0 Å². The van der Waals surface area contributed by atoms with Crippen LogP contribution in [0.25, 0.3) is 0 Å². The summed E-state index contributed by atoms with van der Waals surface area (Å²) >= 11 is 7.84. The molecular formula is C10H18N4O5S2. The maximum absolute atomic E-state index is 11.9. The Balaban J connectivity index is 4.56. The molecule has 6 N–H and O–H groups in total. The van der Waals surface area contributed by atoms with E-state index in [0.29, 0.717) is 0 Å². The Labute approximate surface area is 132 Å². The number of carbonyl (C=O) groups excluding carboxylic acids is 3. The summed E-state index contributed by atoms with van der Waals surface area (Å²) in [5.41, 5.74) is 5.12. The molecule has 0 heterocycles. The lowest BCUT2D eigenvalue weighted by Gasteiger charge is -2.20. The summed E-state index contributed by atoms with van der Waals surface area (Å²) in [6.45, 7) is -0.856. The van der Waals surface area contributed by atoms with Crippen molar-refractivity contribution in [2.45, 2.75) is 12.1 Å². The number of carboxylic acid groups (broad SMARTS) is 1. The molecule has 0 fully saturated rings. The molecule has 0 aliphatic carbocycles. The van der Waals surface area contributed by atoms with Gasteiger partial charge in [0.25, 0.3) is 0 Å². The van der Waals surface area contributed by atoms with Gasteiger partial charge in [-0.25, -0.2) is 0 Å². The van der Waals surface area contributed by atoms with Crippen molar-refractivity contribution in [1.29, 1.82) is 0 Å². The third-order valence-corrected chi connectivity index (χ3v) is 2.98. The molecule has 0 aromatic rings. The van der Waals surface area contributed by atoms with Gasteiger partial charge in [0.1, 0.15) is 18.6 Å². The van der Waals surface area contributed by atoms with E-state index in [0.717, 1.165) is 0 Å². The average Bonchev–Trinajstić information content (AvgIpc) is 2.46. The Bertz CT molecular complexity index is 407. The number of aliphatic carboxylic acids is 1. The van der Waals surface area contributed by atoms with Gasteiger partial charge in [-0.3, -0.25) is 19.2 Å². The van der Waals surface area contributed by atoms with Crippen molar-refractivity contribution >= 4 is 48.9 Å². The molecule has 11 heteroatoms. The molecule has 0 saturated carbocycles. The lowest BCUT2D eigenvalue weighted by Crippen LogP contribution is -2.56. The molecule has 0 unspecified atom stereocenters. The van der Waals surface area contributed by atoms with Gasteiger partial charge in [0, 0.05) is 11.5 Å². The zero-order valence-corrected chi connectivity index (χ0v) is 12.8. The van der Waals surface area contributed by atoms with Gasteiger partial charge in [-0.2, -0.15) is 25.3 Å². The first-order valence-corrected chi connectivity index (χ1v) is 7.13. The summed E-state index contributed by atoms with van der Waals surface area (Å²) in [7, 11) is 0. The van der Waals surface area contributed by atoms with E-state index >= 15 is 0 Å². The van der Waals surface area contributed by atoms with Crippen molar-refractivity contribution in [2.24, 2.45) is 5.73 Å². The minimum Gasteiger partial charge on any atom is -0.480 e. The van der Waals surface area contributed by atoms with E-state index in [4.69, 9.17) is 10.8 Å². The van der Waals surface area contributed by atoms with Crippen LogP contribution in [0, 0.1) is 0 Å². The number of amides is 3. The van der Waals surface area contributed by atoms with E-state index in [1.807, 2.05) is 0 Å². The molecule has 3 amide bonds. The van der Waals surface area contributed by atoms with E-state index in [1.165, 1.54) is 0 Å². The van der Waals surface area contributed by atoms with Crippen molar-refractivity contribution in [1.82, 2.24) is 16.0 Å². The van der Waals surface area contributed by atoms with Crippen molar-refractivity contribution in [3.05, 3.63) is 0 Å². The monoisotopic (exact) mass is 338 g/mol. The Morgan fingerprint density at radius 1 is 1.00 bits per heavy atom. The van der Waals surface area contributed by atoms with E-state index in [2.05, 4.69) is 41.2 Å². The predicted octanol–water partition coefficient (Wildman–Crippen LogP) is -3.02. The second kappa shape index (κ2) is 10.3. The molecule has 0 aliphatic rings. The molecule has 9 nitrogen and oxygen atoms in total. The second-order valence-electron chi connectivity index (χ2n) is 3.86. The molecule has 0 bridgehead atoms. The molecule has 0 spiro atoms. The first-order valence-electron chi connectivity index (χ1n) is 5.86. The molecule has 0 aromatic heterocycles. The Kier molecular flexibility index (Phi) is 9.58. The molecule has 0 rings (SSSR count). The Hall–Kier alpha value is -1.46. The SMILES string of the molecule is NCC(=O)N[C@@H](CS)C(=O)N[C@@H](CS)C(=O)NCC(=O)O. The molecular weight excluding hydrogens is 320 g/mol. The van der Waals surface area contributed by atoms with Gasteiger partial charge in [0.2, 0.25) is 17.7 Å². The van der Waals surface area contributed by atoms with Gasteiger partial charge >= 0.3 is 5.97 Å². The summed E-state index contributed by atoms with van der Waals surface area (Å²) in [5, 5.41) is 15.3.